The predicted octanol–water partition coefficient (Wildman–Crippen LogP) is 0.521. The number of amides is 1. The second-order valence-electron chi connectivity index (χ2n) is 5.15. The number of rotatable bonds is 5. The summed E-state index contributed by atoms with van der Waals surface area (Å²) in [5.74, 6) is 0.559. The molecule has 0 bridgehead atoms. The van der Waals surface area contributed by atoms with Gasteiger partial charge in [0.25, 0.3) is 5.91 Å². The van der Waals surface area contributed by atoms with Gasteiger partial charge in [0, 0.05) is 13.1 Å². The Balaban J connectivity index is 1.74. The number of nitrogen functional groups attached to an aromatic ring is 1. The molecule has 1 saturated heterocycles. The monoisotopic (exact) mass is 263 g/mol. The van der Waals surface area contributed by atoms with Crippen LogP contribution < -0.4 is 11.1 Å². The van der Waals surface area contributed by atoms with Crippen molar-refractivity contribution in [2.24, 2.45) is 5.92 Å². The van der Waals surface area contributed by atoms with E-state index in [2.05, 4.69) is 27.1 Å². The number of nitrogens with one attached hydrogen (secondary N) is 1. The van der Waals surface area contributed by atoms with Crippen LogP contribution in [0.5, 0.6) is 0 Å². The first kappa shape index (κ1) is 13.7. The number of carbonyl (C=O) groups excluding carboxylic acids is 1. The predicted molar refractivity (Wildman–Crippen MR) is 73.6 cm³/mol. The molecule has 1 aliphatic rings. The van der Waals surface area contributed by atoms with E-state index in [9.17, 15) is 4.79 Å². The lowest BCUT2D eigenvalue weighted by molar-refractivity contribution is 0.0939. The van der Waals surface area contributed by atoms with Crippen LogP contribution in [0.3, 0.4) is 0 Å². The fourth-order valence-corrected chi connectivity index (χ4v) is 2.28. The molecule has 19 heavy (non-hydrogen) atoms. The number of nitrogens with two attached hydrogens (primary N) is 1. The van der Waals surface area contributed by atoms with Crippen LogP contribution in [0.4, 0.5) is 5.82 Å². The van der Waals surface area contributed by atoms with Crippen LogP contribution in [0, 0.1) is 5.92 Å². The van der Waals surface area contributed by atoms with Gasteiger partial charge in [-0.25, -0.2) is 9.97 Å². The van der Waals surface area contributed by atoms with E-state index in [0.29, 0.717) is 24.0 Å². The molecule has 2 heterocycles. The maximum Gasteiger partial charge on any atom is 0.271 e. The first-order valence-electron chi connectivity index (χ1n) is 6.73. The zero-order valence-electron chi connectivity index (χ0n) is 11.3. The van der Waals surface area contributed by atoms with Gasteiger partial charge in [-0.1, -0.05) is 6.92 Å². The van der Waals surface area contributed by atoms with Gasteiger partial charge in [-0.15, -0.1) is 0 Å². The fraction of sp³-hybridized carbons (Fsp3) is 0.615. The van der Waals surface area contributed by atoms with Crippen LogP contribution in [0.2, 0.25) is 0 Å². The van der Waals surface area contributed by atoms with Crippen molar-refractivity contribution in [3.63, 3.8) is 0 Å². The van der Waals surface area contributed by atoms with Crippen molar-refractivity contribution in [1.29, 1.82) is 0 Å². The standard InChI is InChI=1S/C13H21N5O/c1-10(9-18-4-2-3-5-18)6-17-13(19)11-7-16-12(14)8-15-11/h7-8,10H,2-6,9H2,1H3,(H2,14,16)(H,17,19). The molecule has 2 rings (SSSR count). The normalized spacial score (nSPS) is 17.3. The van der Waals surface area contributed by atoms with Gasteiger partial charge in [0.15, 0.2) is 0 Å². The molecule has 0 radical (unpaired) electrons. The Morgan fingerprint density at radius 2 is 2.16 bits per heavy atom. The third kappa shape index (κ3) is 4.17. The molecule has 104 valence electrons. The van der Waals surface area contributed by atoms with E-state index < -0.39 is 0 Å². The highest BCUT2D eigenvalue weighted by Crippen LogP contribution is 2.09. The molecular weight excluding hydrogens is 242 g/mol. The Morgan fingerprint density at radius 1 is 1.42 bits per heavy atom. The zero-order valence-corrected chi connectivity index (χ0v) is 11.3. The highest BCUT2D eigenvalue weighted by atomic mass is 16.1. The van der Waals surface area contributed by atoms with Gasteiger partial charge in [-0.2, -0.15) is 0 Å². The summed E-state index contributed by atoms with van der Waals surface area (Å²) in [6, 6.07) is 0. The molecule has 0 aromatic carbocycles. The van der Waals surface area contributed by atoms with E-state index in [1.807, 2.05) is 0 Å². The van der Waals surface area contributed by atoms with Crippen molar-refractivity contribution >= 4 is 11.7 Å². The molecule has 3 N–H and O–H groups in total. The molecular formula is C13H21N5O. The molecule has 1 fully saturated rings. The average Bonchev–Trinajstić information content (AvgIpc) is 2.89. The lowest BCUT2D eigenvalue weighted by Crippen LogP contribution is -2.34. The van der Waals surface area contributed by atoms with Crippen LogP contribution in [0.25, 0.3) is 0 Å². The van der Waals surface area contributed by atoms with Crippen molar-refractivity contribution in [1.82, 2.24) is 20.2 Å². The second kappa shape index (κ2) is 6.47. The Labute approximate surface area is 113 Å². The highest BCUT2D eigenvalue weighted by Gasteiger charge is 2.15. The minimum atomic E-state index is -0.194. The molecule has 1 atom stereocenters. The van der Waals surface area contributed by atoms with Crippen LogP contribution >= 0.6 is 0 Å². The van der Waals surface area contributed by atoms with Crippen LogP contribution in [0.1, 0.15) is 30.3 Å². The van der Waals surface area contributed by atoms with Gasteiger partial charge in [-0.3, -0.25) is 4.79 Å². The topological polar surface area (TPSA) is 84.1 Å². The first-order chi connectivity index (χ1) is 9.15. The minimum Gasteiger partial charge on any atom is -0.382 e. The Bertz CT molecular complexity index is 414. The van der Waals surface area contributed by atoms with Crippen molar-refractivity contribution in [2.45, 2.75) is 19.8 Å². The molecule has 1 amide bonds. The first-order valence-corrected chi connectivity index (χ1v) is 6.73. The quantitative estimate of drug-likeness (QED) is 0.809. The number of anilines is 1. The Kier molecular flexibility index (Phi) is 4.68. The summed E-state index contributed by atoms with van der Waals surface area (Å²) < 4.78 is 0. The summed E-state index contributed by atoms with van der Waals surface area (Å²) in [6.45, 7) is 6.20. The summed E-state index contributed by atoms with van der Waals surface area (Å²) >= 11 is 0. The van der Waals surface area contributed by atoms with E-state index in [4.69, 9.17) is 5.73 Å². The summed E-state index contributed by atoms with van der Waals surface area (Å²) in [7, 11) is 0. The molecule has 0 spiro atoms. The van der Waals surface area contributed by atoms with Gasteiger partial charge in [0.1, 0.15) is 11.5 Å². The fourth-order valence-electron chi connectivity index (χ4n) is 2.28. The van der Waals surface area contributed by atoms with Gasteiger partial charge in [-0.05, 0) is 31.8 Å². The van der Waals surface area contributed by atoms with Crippen molar-refractivity contribution < 1.29 is 4.79 Å². The lowest BCUT2D eigenvalue weighted by atomic mass is 10.1. The van der Waals surface area contributed by atoms with Gasteiger partial charge < -0.3 is 16.0 Å². The van der Waals surface area contributed by atoms with E-state index in [1.54, 1.807) is 0 Å². The van der Waals surface area contributed by atoms with E-state index in [1.165, 1.54) is 38.3 Å². The minimum absolute atomic E-state index is 0.194. The summed E-state index contributed by atoms with van der Waals surface area (Å²) in [4.78, 5) is 22.1. The van der Waals surface area contributed by atoms with E-state index in [0.717, 1.165) is 6.54 Å². The second-order valence-corrected chi connectivity index (χ2v) is 5.15. The number of nitrogens with zero attached hydrogens (tertiary/aromatic N) is 3. The smallest absolute Gasteiger partial charge is 0.271 e. The van der Waals surface area contributed by atoms with Crippen molar-refractivity contribution in [3.8, 4) is 0 Å². The molecule has 6 heteroatoms. The number of carbonyl (C=O) groups is 1. The Morgan fingerprint density at radius 3 is 2.79 bits per heavy atom. The van der Waals surface area contributed by atoms with Crippen LogP contribution in [0.15, 0.2) is 12.4 Å². The number of aromatic nitrogens is 2. The molecule has 0 aliphatic carbocycles. The molecule has 0 saturated carbocycles. The van der Waals surface area contributed by atoms with Crippen molar-refractivity contribution in [3.05, 3.63) is 18.1 Å². The SMILES string of the molecule is CC(CNC(=O)c1cnc(N)cn1)CN1CCCC1. The molecule has 1 unspecified atom stereocenters. The van der Waals surface area contributed by atoms with Gasteiger partial charge >= 0.3 is 0 Å². The molecule has 6 nitrogen and oxygen atoms in total. The molecule has 1 aromatic rings. The number of hydrogen-bond donors (Lipinski definition) is 2. The summed E-state index contributed by atoms with van der Waals surface area (Å²) in [6.07, 6.45) is 5.37. The maximum absolute atomic E-state index is 11.8. The highest BCUT2D eigenvalue weighted by molar-refractivity contribution is 5.91. The summed E-state index contributed by atoms with van der Waals surface area (Å²) in [5, 5.41) is 2.88. The average molecular weight is 263 g/mol. The third-order valence-electron chi connectivity index (χ3n) is 3.28. The zero-order chi connectivity index (χ0) is 13.7. The summed E-state index contributed by atoms with van der Waals surface area (Å²) in [5.41, 5.74) is 5.74. The number of likely N-dealkylation sites (tertiary alicyclic amines) is 1. The van der Waals surface area contributed by atoms with Gasteiger partial charge in [0.2, 0.25) is 0 Å². The Hall–Kier alpha value is -1.69. The molecule has 1 aliphatic heterocycles. The van der Waals surface area contributed by atoms with E-state index in [-0.39, 0.29) is 5.91 Å². The van der Waals surface area contributed by atoms with E-state index >= 15 is 0 Å². The lowest BCUT2D eigenvalue weighted by Gasteiger charge is -2.20. The van der Waals surface area contributed by atoms with Gasteiger partial charge in [0.05, 0.1) is 12.4 Å². The maximum atomic E-state index is 11.8. The molecule has 1 aromatic heterocycles. The number of hydrogen-bond acceptors (Lipinski definition) is 5. The van der Waals surface area contributed by atoms with Crippen molar-refractivity contribution in [2.75, 3.05) is 31.9 Å². The third-order valence-corrected chi connectivity index (χ3v) is 3.28. The van der Waals surface area contributed by atoms with Crippen LogP contribution in [-0.4, -0.2) is 47.0 Å². The largest absolute Gasteiger partial charge is 0.382 e. The van der Waals surface area contributed by atoms with Crippen LogP contribution in [-0.2, 0) is 0 Å².